The third-order valence-corrected chi connectivity index (χ3v) is 4.17. The van der Waals surface area contributed by atoms with E-state index in [0.717, 1.165) is 22.9 Å². The summed E-state index contributed by atoms with van der Waals surface area (Å²) in [5.41, 5.74) is 2.24. The zero-order chi connectivity index (χ0) is 17.6. The van der Waals surface area contributed by atoms with Gasteiger partial charge < -0.3 is 14.3 Å². The summed E-state index contributed by atoms with van der Waals surface area (Å²) < 4.78 is 11.2. The number of rotatable bonds is 7. The number of nitrogens with zero attached hydrogens (tertiary/aromatic N) is 2. The van der Waals surface area contributed by atoms with Gasteiger partial charge in [-0.05, 0) is 30.2 Å². The molecule has 1 aromatic heterocycles. The molecule has 3 rings (SSSR count). The first kappa shape index (κ1) is 17.0. The number of aromatic nitrogens is 2. The van der Waals surface area contributed by atoms with E-state index >= 15 is 0 Å². The summed E-state index contributed by atoms with van der Waals surface area (Å²) in [5.74, 6) is -0.0737. The van der Waals surface area contributed by atoms with Gasteiger partial charge in [-0.25, -0.2) is 0 Å². The second-order valence-electron chi connectivity index (χ2n) is 5.24. The molecule has 0 saturated heterocycles. The Morgan fingerprint density at radius 3 is 2.48 bits per heavy atom. The molecular formula is C18H16N2O4S. The van der Waals surface area contributed by atoms with Crippen LogP contribution in [0.25, 0.3) is 11.1 Å². The Morgan fingerprint density at radius 2 is 1.80 bits per heavy atom. The van der Waals surface area contributed by atoms with Crippen molar-refractivity contribution in [3.8, 4) is 16.9 Å². The van der Waals surface area contributed by atoms with Crippen molar-refractivity contribution in [3.63, 3.8) is 0 Å². The largest absolute Gasteiger partial charge is 0.481 e. The maximum atomic E-state index is 10.5. The molecule has 1 heterocycles. The van der Waals surface area contributed by atoms with Gasteiger partial charge in [0.1, 0.15) is 11.5 Å². The van der Waals surface area contributed by atoms with Crippen molar-refractivity contribution in [2.24, 2.45) is 0 Å². The maximum absolute atomic E-state index is 10.5. The van der Waals surface area contributed by atoms with Crippen LogP contribution in [0.2, 0.25) is 0 Å². The Balaban J connectivity index is 1.63. The lowest BCUT2D eigenvalue weighted by Crippen LogP contribution is -2.03. The van der Waals surface area contributed by atoms with E-state index in [4.69, 9.17) is 14.3 Å². The van der Waals surface area contributed by atoms with Gasteiger partial charge in [0, 0.05) is 0 Å². The van der Waals surface area contributed by atoms with Gasteiger partial charge in [-0.3, -0.25) is 4.79 Å². The summed E-state index contributed by atoms with van der Waals surface area (Å²) in [6, 6.07) is 17.8. The fourth-order valence-corrected chi connectivity index (χ4v) is 2.67. The van der Waals surface area contributed by atoms with Crippen LogP contribution in [0.1, 0.15) is 18.9 Å². The van der Waals surface area contributed by atoms with Crippen molar-refractivity contribution >= 4 is 17.7 Å². The molecule has 0 spiro atoms. The van der Waals surface area contributed by atoms with Crippen LogP contribution in [0.5, 0.6) is 5.75 Å². The number of carbonyl (C=O) groups is 1. The molecule has 6 nitrogen and oxygen atoms in total. The van der Waals surface area contributed by atoms with E-state index in [1.807, 2.05) is 54.6 Å². The van der Waals surface area contributed by atoms with Gasteiger partial charge in [0.05, 0.1) is 0 Å². The third-order valence-electron chi connectivity index (χ3n) is 3.36. The fraction of sp³-hybridized carbons (Fsp3) is 0.167. The smallest absolute Gasteiger partial charge is 0.314 e. The minimum atomic E-state index is -0.937. The molecule has 0 aliphatic carbocycles. The van der Waals surface area contributed by atoms with E-state index in [-0.39, 0.29) is 11.0 Å². The highest BCUT2D eigenvalue weighted by molar-refractivity contribution is 7.99. The second-order valence-corrected chi connectivity index (χ2v) is 6.17. The van der Waals surface area contributed by atoms with Gasteiger partial charge >= 0.3 is 5.97 Å². The van der Waals surface area contributed by atoms with Crippen molar-refractivity contribution in [1.29, 1.82) is 0 Å². The first-order valence-electron chi connectivity index (χ1n) is 7.62. The molecule has 0 amide bonds. The molecular weight excluding hydrogens is 340 g/mol. The Bertz CT molecular complexity index is 834. The molecule has 1 unspecified atom stereocenters. The molecule has 0 aliphatic heterocycles. The van der Waals surface area contributed by atoms with Gasteiger partial charge in [-0.15, -0.1) is 10.2 Å². The number of carboxylic acids is 1. The topological polar surface area (TPSA) is 85.5 Å². The molecule has 3 aromatic rings. The lowest BCUT2D eigenvalue weighted by atomic mass is 10.1. The van der Waals surface area contributed by atoms with E-state index in [1.54, 1.807) is 6.92 Å². The van der Waals surface area contributed by atoms with E-state index in [9.17, 15) is 4.79 Å². The molecule has 0 bridgehead atoms. The summed E-state index contributed by atoms with van der Waals surface area (Å²) in [6.07, 6.45) is -0.436. The standard InChI is InChI=1S/C18H16N2O4S/c1-12(17-19-20-18(24-17)25-11-16(21)22)23-15-9-7-14(8-10-15)13-5-3-2-4-6-13/h2-10,12H,11H2,1H3,(H,21,22). The minimum absolute atomic E-state index is 0.127. The molecule has 1 atom stereocenters. The minimum Gasteiger partial charge on any atom is -0.481 e. The van der Waals surface area contributed by atoms with Crippen LogP contribution in [0.15, 0.2) is 64.2 Å². The number of aliphatic carboxylic acids is 1. The molecule has 25 heavy (non-hydrogen) atoms. The second kappa shape index (κ2) is 7.85. The average Bonchev–Trinajstić information content (AvgIpc) is 3.11. The number of thioether (sulfide) groups is 1. The van der Waals surface area contributed by atoms with Gasteiger partial charge in [0.15, 0.2) is 6.10 Å². The van der Waals surface area contributed by atoms with Gasteiger partial charge in [-0.1, -0.05) is 54.2 Å². The van der Waals surface area contributed by atoms with Crippen LogP contribution in [-0.4, -0.2) is 27.0 Å². The third kappa shape index (κ3) is 4.60. The molecule has 0 fully saturated rings. The lowest BCUT2D eigenvalue weighted by molar-refractivity contribution is -0.133. The lowest BCUT2D eigenvalue weighted by Gasteiger charge is -2.11. The van der Waals surface area contributed by atoms with Gasteiger partial charge in [0.2, 0.25) is 0 Å². The van der Waals surface area contributed by atoms with E-state index in [0.29, 0.717) is 11.6 Å². The van der Waals surface area contributed by atoms with Crippen molar-refractivity contribution in [1.82, 2.24) is 10.2 Å². The van der Waals surface area contributed by atoms with Gasteiger partial charge in [0.25, 0.3) is 11.1 Å². The fourth-order valence-electron chi connectivity index (χ4n) is 2.18. The van der Waals surface area contributed by atoms with Crippen LogP contribution < -0.4 is 4.74 Å². The van der Waals surface area contributed by atoms with Crippen molar-refractivity contribution in [2.75, 3.05) is 5.75 Å². The molecule has 0 radical (unpaired) electrons. The quantitative estimate of drug-likeness (QED) is 0.639. The molecule has 128 valence electrons. The zero-order valence-corrected chi connectivity index (χ0v) is 14.3. The van der Waals surface area contributed by atoms with Crippen molar-refractivity contribution in [2.45, 2.75) is 18.3 Å². The zero-order valence-electron chi connectivity index (χ0n) is 13.5. The van der Waals surface area contributed by atoms with Crippen LogP contribution in [0.3, 0.4) is 0 Å². The summed E-state index contributed by atoms with van der Waals surface area (Å²) in [6.45, 7) is 1.80. The van der Waals surface area contributed by atoms with Crippen LogP contribution >= 0.6 is 11.8 Å². The van der Waals surface area contributed by atoms with E-state index in [1.165, 1.54) is 0 Å². The Kier molecular flexibility index (Phi) is 5.35. The predicted octanol–water partition coefficient (Wildman–Crippen LogP) is 4.05. The van der Waals surface area contributed by atoms with Gasteiger partial charge in [-0.2, -0.15) is 0 Å². The summed E-state index contributed by atoms with van der Waals surface area (Å²) in [5, 5.41) is 16.6. The summed E-state index contributed by atoms with van der Waals surface area (Å²) >= 11 is 0.977. The highest BCUT2D eigenvalue weighted by atomic mass is 32.2. The van der Waals surface area contributed by atoms with Crippen LogP contribution in [0.4, 0.5) is 0 Å². The number of benzene rings is 2. The number of hydrogen-bond donors (Lipinski definition) is 1. The highest BCUT2D eigenvalue weighted by Gasteiger charge is 2.16. The summed E-state index contributed by atoms with van der Waals surface area (Å²) in [4.78, 5) is 10.5. The van der Waals surface area contributed by atoms with Crippen LogP contribution in [0, 0.1) is 0 Å². The first-order valence-corrected chi connectivity index (χ1v) is 8.60. The van der Waals surface area contributed by atoms with Crippen molar-refractivity contribution in [3.05, 3.63) is 60.5 Å². The monoisotopic (exact) mass is 356 g/mol. The normalized spacial score (nSPS) is 11.9. The van der Waals surface area contributed by atoms with E-state index in [2.05, 4.69) is 10.2 Å². The molecule has 2 aromatic carbocycles. The molecule has 0 saturated carbocycles. The van der Waals surface area contributed by atoms with Crippen molar-refractivity contribution < 1.29 is 19.1 Å². The van der Waals surface area contributed by atoms with Crippen LogP contribution in [-0.2, 0) is 4.79 Å². The SMILES string of the molecule is CC(Oc1ccc(-c2ccccc2)cc1)c1nnc(SCC(=O)O)o1. The number of ether oxygens (including phenoxy) is 1. The number of carboxylic acid groups (broad SMARTS) is 1. The predicted molar refractivity (Wildman–Crippen MR) is 93.6 cm³/mol. The van der Waals surface area contributed by atoms with E-state index < -0.39 is 12.1 Å². The maximum Gasteiger partial charge on any atom is 0.314 e. The Hall–Kier alpha value is -2.80. The average molecular weight is 356 g/mol. The Labute approximate surface area is 148 Å². The first-order chi connectivity index (χ1) is 12.1. The Morgan fingerprint density at radius 1 is 1.12 bits per heavy atom. The molecule has 7 heteroatoms. The number of hydrogen-bond acceptors (Lipinski definition) is 6. The summed E-state index contributed by atoms with van der Waals surface area (Å²) in [7, 11) is 0. The molecule has 1 N–H and O–H groups in total. The molecule has 0 aliphatic rings. The highest BCUT2D eigenvalue weighted by Crippen LogP contribution is 2.26.